The average Bonchev–Trinajstić information content (AvgIpc) is 2.83. The normalized spacial score (nSPS) is 16.0. The Morgan fingerprint density at radius 1 is 1.12 bits per heavy atom. The highest BCUT2D eigenvalue weighted by atomic mass is 19.4. The minimum atomic E-state index is -4.69. The first kappa shape index (κ1) is 18.6. The van der Waals surface area contributed by atoms with Gasteiger partial charge in [0, 0.05) is 31.4 Å². The maximum absolute atomic E-state index is 12.3. The summed E-state index contributed by atoms with van der Waals surface area (Å²) in [5, 5.41) is 8.09. The quantitative estimate of drug-likeness (QED) is 0.894. The third-order valence-electron chi connectivity index (χ3n) is 4.29. The minimum Gasteiger partial charge on any atom is -0.406 e. The van der Waals surface area contributed by atoms with Gasteiger partial charge < -0.3 is 15.0 Å². The van der Waals surface area contributed by atoms with Gasteiger partial charge in [0.25, 0.3) is 0 Å². The van der Waals surface area contributed by atoms with Crippen LogP contribution in [-0.2, 0) is 0 Å². The van der Waals surface area contributed by atoms with Crippen LogP contribution in [0.2, 0.25) is 0 Å². The molecule has 8 heteroatoms. The maximum atomic E-state index is 12.3. The number of halogens is 3. The molecule has 2 aromatic rings. The minimum absolute atomic E-state index is 0.229. The zero-order chi connectivity index (χ0) is 18.7. The molecule has 3 rings (SSSR count). The van der Waals surface area contributed by atoms with E-state index >= 15 is 0 Å². The van der Waals surface area contributed by atoms with Crippen LogP contribution >= 0.6 is 0 Å². The Hall–Kier alpha value is -2.22. The summed E-state index contributed by atoms with van der Waals surface area (Å²) < 4.78 is 42.7. The smallest absolute Gasteiger partial charge is 0.406 e. The molecule has 5 nitrogen and oxygen atoms in total. The summed E-state index contributed by atoms with van der Waals surface area (Å²) in [6.07, 6.45) is -3.64. The van der Waals surface area contributed by atoms with Gasteiger partial charge in [-0.25, -0.2) is 4.68 Å². The van der Waals surface area contributed by atoms with E-state index in [4.69, 9.17) is 5.10 Å². The van der Waals surface area contributed by atoms with Crippen LogP contribution in [0.25, 0.3) is 5.69 Å². The van der Waals surface area contributed by atoms with Gasteiger partial charge in [0.15, 0.2) is 5.82 Å². The maximum Gasteiger partial charge on any atom is 0.573 e. The second kappa shape index (κ2) is 7.57. The predicted molar refractivity (Wildman–Crippen MR) is 94.0 cm³/mol. The highest BCUT2D eigenvalue weighted by Crippen LogP contribution is 2.27. The van der Waals surface area contributed by atoms with E-state index in [1.54, 1.807) is 16.8 Å². The topological polar surface area (TPSA) is 42.3 Å². The number of nitrogens with one attached hydrogen (secondary N) is 1. The standard InChI is InChI=1S/C18H23F3N4O/c1-13(2)16-12-17(24-10-3-8-22-9-11-24)23-25(16)14-4-6-15(7-5-14)26-18(19,20)21/h4-7,12-13,22H,3,8-11H2,1-2H3. The van der Waals surface area contributed by atoms with Gasteiger partial charge in [0.1, 0.15) is 5.75 Å². The fraction of sp³-hybridized carbons (Fsp3) is 0.500. The monoisotopic (exact) mass is 368 g/mol. The van der Waals surface area contributed by atoms with Crippen molar-refractivity contribution in [1.82, 2.24) is 15.1 Å². The lowest BCUT2D eigenvalue weighted by molar-refractivity contribution is -0.274. The average molecular weight is 368 g/mol. The molecular weight excluding hydrogens is 345 g/mol. The molecule has 0 aliphatic carbocycles. The number of rotatable bonds is 4. The highest BCUT2D eigenvalue weighted by Gasteiger charge is 2.31. The molecule has 2 heterocycles. The van der Waals surface area contributed by atoms with Crippen LogP contribution in [0.15, 0.2) is 30.3 Å². The lowest BCUT2D eigenvalue weighted by atomic mass is 10.1. The second-order valence-electron chi connectivity index (χ2n) is 6.63. The first-order chi connectivity index (χ1) is 12.3. The van der Waals surface area contributed by atoms with Gasteiger partial charge in [-0.1, -0.05) is 13.8 Å². The lowest BCUT2D eigenvalue weighted by Crippen LogP contribution is -2.28. The molecule has 1 fully saturated rings. The lowest BCUT2D eigenvalue weighted by Gasteiger charge is -2.18. The van der Waals surface area contributed by atoms with Crippen LogP contribution < -0.4 is 15.0 Å². The molecule has 1 aromatic carbocycles. The summed E-state index contributed by atoms with van der Waals surface area (Å²) in [4.78, 5) is 2.24. The van der Waals surface area contributed by atoms with Crippen LogP contribution in [0.4, 0.5) is 19.0 Å². The van der Waals surface area contributed by atoms with E-state index in [1.165, 1.54) is 12.1 Å². The Morgan fingerprint density at radius 2 is 1.85 bits per heavy atom. The third kappa shape index (κ3) is 4.49. The van der Waals surface area contributed by atoms with Gasteiger partial charge >= 0.3 is 6.36 Å². The van der Waals surface area contributed by atoms with Crippen molar-refractivity contribution in [2.45, 2.75) is 32.5 Å². The van der Waals surface area contributed by atoms with Crippen molar-refractivity contribution >= 4 is 5.82 Å². The molecule has 1 aliphatic heterocycles. The first-order valence-electron chi connectivity index (χ1n) is 8.75. The van der Waals surface area contributed by atoms with E-state index in [1.807, 2.05) is 0 Å². The number of benzene rings is 1. The molecule has 0 saturated carbocycles. The van der Waals surface area contributed by atoms with Crippen LogP contribution in [0, 0.1) is 0 Å². The number of alkyl halides is 3. The summed E-state index contributed by atoms with van der Waals surface area (Å²) in [6.45, 7) is 7.86. The first-order valence-corrected chi connectivity index (χ1v) is 8.75. The molecular formula is C18H23F3N4O. The van der Waals surface area contributed by atoms with E-state index in [0.29, 0.717) is 5.69 Å². The van der Waals surface area contributed by atoms with Gasteiger partial charge in [-0.05, 0) is 43.1 Å². The summed E-state index contributed by atoms with van der Waals surface area (Å²) in [6, 6.07) is 7.87. The van der Waals surface area contributed by atoms with Crippen molar-refractivity contribution in [3.05, 3.63) is 36.0 Å². The van der Waals surface area contributed by atoms with Crippen molar-refractivity contribution in [2.24, 2.45) is 0 Å². The number of anilines is 1. The Kier molecular flexibility index (Phi) is 5.41. The van der Waals surface area contributed by atoms with E-state index in [2.05, 4.69) is 34.9 Å². The second-order valence-corrected chi connectivity index (χ2v) is 6.63. The summed E-state index contributed by atoms with van der Waals surface area (Å²) in [5.74, 6) is 0.888. The fourth-order valence-electron chi connectivity index (χ4n) is 3.02. The molecule has 0 atom stereocenters. The SMILES string of the molecule is CC(C)c1cc(N2CCCNCC2)nn1-c1ccc(OC(F)(F)F)cc1. The number of hydrogen-bond acceptors (Lipinski definition) is 4. The molecule has 0 unspecified atom stereocenters. The van der Waals surface area contributed by atoms with Crippen LogP contribution in [-0.4, -0.2) is 42.3 Å². The Balaban J connectivity index is 1.88. The number of ether oxygens (including phenoxy) is 1. The molecule has 1 saturated heterocycles. The third-order valence-corrected chi connectivity index (χ3v) is 4.29. The van der Waals surface area contributed by atoms with E-state index < -0.39 is 6.36 Å². The zero-order valence-corrected chi connectivity index (χ0v) is 14.9. The van der Waals surface area contributed by atoms with E-state index in [0.717, 1.165) is 44.1 Å². The fourth-order valence-corrected chi connectivity index (χ4v) is 3.02. The number of nitrogens with zero attached hydrogens (tertiary/aromatic N) is 3. The van der Waals surface area contributed by atoms with E-state index in [9.17, 15) is 13.2 Å². The van der Waals surface area contributed by atoms with Crippen molar-refractivity contribution in [3.63, 3.8) is 0 Å². The van der Waals surface area contributed by atoms with Crippen molar-refractivity contribution in [1.29, 1.82) is 0 Å². The molecule has 0 radical (unpaired) electrons. The predicted octanol–water partition coefficient (Wildman–Crippen LogP) is 3.69. The molecule has 142 valence electrons. The molecule has 0 bridgehead atoms. The summed E-state index contributed by atoms with van der Waals surface area (Å²) in [5.41, 5.74) is 1.73. The van der Waals surface area contributed by atoms with Crippen molar-refractivity contribution < 1.29 is 17.9 Å². The van der Waals surface area contributed by atoms with Gasteiger partial charge in [-0.3, -0.25) is 0 Å². The van der Waals surface area contributed by atoms with Crippen molar-refractivity contribution in [2.75, 3.05) is 31.1 Å². The Labute approximate surface area is 150 Å². The highest BCUT2D eigenvalue weighted by molar-refractivity contribution is 5.46. The molecule has 26 heavy (non-hydrogen) atoms. The molecule has 1 aromatic heterocycles. The van der Waals surface area contributed by atoms with Gasteiger partial charge in [0.2, 0.25) is 0 Å². The molecule has 0 spiro atoms. The van der Waals surface area contributed by atoms with E-state index in [-0.39, 0.29) is 11.7 Å². The number of aromatic nitrogens is 2. The largest absolute Gasteiger partial charge is 0.573 e. The Bertz CT molecular complexity index is 717. The Morgan fingerprint density at radius 3 is 2.50 bits per heavy atom. The van der Waals surface area contributed by atoms with Gasteiger partial charge in [-0.15, -0.1) is 13.2 Å². The summed E-state index contributed by atoms with van der Waals surface area (Å²) in [7, 11) is 0. The summed E-state index contributed by atoms with van der Waals surface area (Å²) >= 11 is 0. The number of hydrogen-bond donors (Lipinski definition) is 1. The zero-order valence-electron chi connectivity index (χ0n) is 14.9. The molecule has 1 aliphatic rings. The molecule has 1 N–H and O–H groups in total. The van der Waals surface area contributed by atoms with Crippen molar-refractivity contribution in [3.8, 4) is 11.4 Å². The van der Waals surface area contributed by atoms with Crippen LogP contribution in [0.5, 0.6) is 5.75 Å². The molecule has 0 amide bonds. The van der Waals surface area contributed by atoms with Crippen LogP contribution in [0.1, 0.15) is 31.9 Å². The van der Waals surface area contributed by atoms with Crippen LogP contribution in [0.3, 0.4) is 0 Å². The van der Waals surface area contributed by atoms with Gasteiger partial charge in [-0.2, -0.15) is 5.10 Å². The van der Waals surface area contributed by atoms with Gasteiger partial charge in [0.05, 0.1) is 5.69 Å².